The summed E-state index contributed by atoms with van der Waals surface area (Å²) in [4.78, 5) is 20.8. The monoisotopic (exact) mass is 317 g/mol. The van der Waals surface area contributed by atoms with E-state index in [1.165, 1.54) is 12.5 Å². The normalized spacial score (nSPS) is 14.9. The molecule has 8 heteroatoms. The fourth-order valence-corrected chi connectivity index (χ4v) is 2.64. The Kier molecular flexibility index (Phi) is 4.50. The molecule has 2 aromatic heterocycles. The highest BCUT2D eigenvalue weighted by molar-refractivity contribution is 5.48. The number of halogens is 1. The zero-order valence-electron chi connectivity index (χ0n) is 13.3. The van der Waals surface area contributed by atoms with Crippen molar-refractivity contribution in [1.82, 2.24) is 19.9 Å². The molecular weight excluding hydrogens is 297 g/mol. The summed E-state index contributed by atoms with van der Waals surface area (Å²) in [6, 6.07) is 1.97. The fourth-order valence-electron chi connectivity index (χ4n) is 2.64. The molecular formula is C15H20FN7. The van der Waals surface area contributed by atoms with E-state index in [0.29, 0.717) is 24.9 Å². The van der Waals surface area contributed by atoms with Crippen LogP contribution in [0.2, 0.25) is 0 Å². The van der Waals surface area contributed by atoms with E-state index in [4.69, 9.17) is 0 Å². The van der Waals surface area contributed by atoms with Gasteiger partial charge in [-0.1, -0.05) is 0 Å². The van der Waals surface area contributed by atoms with Gasteiger partial charge in [0.1, 0.15) is 12.1 Å². The number of aryl methyl sites for hydroxylation is 1. The lowest BCUT2D eigenvalue weighted by atomic mass is 10.3. The van der Waals surface area contributed by atoms with Gasteiger partial charge in [-0.3, -0.25) is 0 Å². The summed E-state index contributed by atoms with van der Waals surface area (Å²) in [6.07, 6.45) is 2.58. The van der Waals surface area contributed by atoms with Gasteiger partial charge in [0.05, 0.1) is 6.20 Å². The van der Waals surface area contributed by atoms with E-state index in [9.17, 15) is 4.39 Å². The van der Waals surface area contributed by atoms with Crippen molar-refractivity contribution >= 4 is 17.6 Å². The molecule has 1 fully saturated rings. The molecule has 0 bridgehead atoms. The van der Waals surface area contributed by atoms with Crippen LogP contribution in [0.5, 0.6) is 0 Å². The van der Waals surface area contributed by atoms with Crippen molar-refractivity contribution in [3.63, 3.8) is 0 Å². The first kappa shape index (κ1) is 15.4. The average molecular weight is 317 g/mol. The van der Waals surface area contributed by atoms with E-state index in [-0.39, 0.29) is 5.82 Å². The molecule has 0 aliphatic carbocycles. The Hall–Kier alpha value is -2.51. The smallest absolute Gasteiger partial charge is 0.224 e. The van der Waals surface area contributed by atoms with Crippen molar-refractivity contribution in [3.8, 4) is 0 Å². The van der Waals surface area contributed by atoms with Crippen molar-refractivity contribution in [3.05, 3.63) is 30.1 Å². The van der Waals surface area contributed by atoms with E-state index in [2.05, 4.69) is 30.2 Å². The molecule has 2 aromatic rings. The second-order valence-electron chi connectivity index (χ2n) is 5.39. The zero-order valence-corrected chi connectivity index (χ0v) is 13.3. The van der Waals surface area contributed by atoms with Gasteiger partial charge in [0.25, 0.3) is 0 Å². The number of piperazine rings is 1. The molecule has 0 atom stereocenters. The summed E-state index contributed by atoms with van der Waals surface area (Å²) < 4.78 is 13.8. The topological polar surface area (TPSA) is 70.1 Å². The lowest BCUT2D eigenvalue weighted by molar-refractivity contribution is 0.581. The van der Waals surface area contributed by atoms with Crippen molar-refractivity contribution in [2.75, 3.05) is 47.8 Å². The van der Waals surface area contributed by atoms with Gasteiger partial charge in [-0.25, -0.2) is 19.3 Å². The molecule has 0 amide bonds. The van der Waals surface area contributed by atoms with E-state index in [1.54, 1.807) is 0 Å². The van der Waals surface area contributed by atoms with Crippen LogP contribution in [0, 0.1) is 12.7 Å². The Bertz CT molecular complexity index is 671. The van der Waals surface area contributed by atoms with Crippen LogP contribution in [0.3, 0.4) is 0 Å². The van der Waals surface area contributed by atoms with E-state index in [1.807, 2.05) is 24.8 Å². The molecule has 0 unspecified atom stereocenters. The van der Waals surface area contributed by atoms with E-state index >= 15 is 0 Å². The molecule has 3 rings (SSSR count). The van der Waals surface area contributed by atoms with Crippen LogP contribution in [0.25, 0.3) is 0 Å². The first-order chi connectivity index (χ1) is 11.2. The average Bonchev–Trinajstić information content (AvgIpc) is 2.55. The van der Waals surface area contributed by atoms with Crippen molar-refractivity contribution < 1.29 is 4.39 Å². The number of rotatable bonds is 4. The Balaban J connectivity index is 1.71. The molecule has 0 aromatic carbocycles. The molecule has 1 saturated heterocycles. The van der Waals surface area contributed by atoms with Crippen LogP contribution in [-0.4, -0.2) is 52.7 Å². The summed E-state index contributed by atoms with van der Waals surface area (Å²) in [7, 11) is 0. The van der Waals surface area contributed by atoms with Crippen LogP contribution >= 0.6 is 0 Å². The number of aromatic nitrogens is 4. The first-order valence-corrected chi connectivity index (χ1v) is 7.72. The minimum atomic E-state index is -0.381. The highest BCUT2D eigenvalue weighted by atomic mass is 19.1. The predicted octanol–water partition coefficient (Wildman–Crippen LogP) is 1.47. The van der Waals surface area contributed by atoms with Gasteiger partial charge < -0.3 is 15.1 Å². The largest absolute Gasteiger partial charge is 0.354 e. The number of hydrogen-bond donors (Lipinski definition) is 1. The second-order valence-corrected chi connectivity index (χ2v) is 5.39. The standard InChI is InChI=1S/C15H20FN7/c1-3-18-15-20-11(2)8-13(21-15)22-4-6-23(7-5-22)14-12(16)9-17-10-19-14/h8-10H,3-7H2,1-2H3,(H,18,20,21). The third kappa shape index (κ3) is 3.46. The van der Waals surface area contributed by atoms with Gasteiger partial charge in [-0.2, -0.15) is 4.98 Å². The van der Waals surface area contributed by atoms with Gasteiger partial charge in [-0.15, -0.1) is 0 Å². The van der Waals surface area contributed by atoms with E-state index < -0.39 is 0 Å². The lowest BCUT2D eigenvalue weighted by Gasteiger charge is -2.36. The Morgan fingerprint density at radius 1 is 1.17 bits per heavy atom. The highest BCUT2D eigenvalue weighted by Gasteiger charge is 2.21. The quantitative estimate of drug-likeness (QED) is 0.915. The predicted molar refractivity (Wildman–Crippen MR) is 87.3 cm³/mol. The van der Waals surface area contributed by atoms with Crippen LogP contribution in [-0.2, 0) is 0 Å². The summed E-state index contributed by atoms with van der Waals surface area (Å²) in [6.45, 7) is 7.64. The molecule has 1 aliphatic heterocycles. The van der Waals surface area contributed by atoms with Gasteiger partial charge >= 0.3 is 0 Å². The van der Waals surface area contributed by atoms with Crippen LogP contribution < -0.4 is 15.1 Å². The van der Waals surface area contributed by atoms with Gasteiger partial charge in [-0.05, 0) is 13.8 Å². The molecule has 7 nitrogen and oxygen atoms in total. The molecule has 1 aliphatic rings. The molecule has 0 saturated carbocycles. The second kappa shape index (κ2) is 6.72. The summed E-state index contributed by atoms with van der Waals surface area (Å²) in [5.41, 5.74) is 0.926. The zero-order chi connectivity index (χ0) is 16.2. The number of anilines is 3. The van der Waals surface area contributed by atoms with Crippen molar-refractivity contribution in [2.45, 2.75) is 13.8 Å². The van der Waals surface area contributed by atoms with Crippen molar-refractivity contribution in [2.24, 2.45) is 0 Å². The molecule has 1 N–H and O–H groups in total. The van der Waals surface area contributed by atoms with E-state index in [0.717, 1.165) is 31.1 Å². The van der Waals surface area contributed by atoms with Crippen LogP contribution in [0.15, 0.2) is 18.6 Å². The maximum absolute atomic E-state index is 13.8. The molecule has 23 heavy (non-hydrogen) atoms. The third-order valence-corrected chi connectivity index (χ3v) is 3.73. The van der Waals surface area contributed by atoms with Gasteiger partial charge in [0.2, 0.25) is 5.95 Å². The molecule has 0 radical (unpaired) electrons. The van der Waals surface area contributed by atoms with Crippen LogP contribution in [0.1, 0.15) is 12.6 Å². The fraction of sp³-hybridized carbons (Fsp3) is 0.467. The summed E-state index contributed by atoms with van der Waals surface area (Å²) in [5, 5.41) is 3.14. The molecule has 3 heterocycles. The lowest BCUT2D eigenvalue weighted by Crippen LogP contribution is -2.47. The van der Waals surface area contributed by atoms with Crippen LogP contribution in [0.4, 0.5) is 22.0 Å². The first-order valence-electron chi connectivity index (χ1n) is 7.72. The Morgan fingerprint density at radius 2 is 1.91 bits per heavy atom. The van der Waals surface area contributed by atoms with Gasteiger partial charge in [0, 0.05) is 44.5 Å². The highest BCUT2D eigenvalue weighted by Crippen LogP contribution is 2.20. The summed E-state index contributed by atoms with van der Waals surface area (Å²) in [5.74, 6) is 1.53. The van der Waals surface area contributed by atoms with Gasteiger partial charge in [0.15, 0.2) is 11.6 Å². The maximum Gasteiger partial charge on any atom is 0.224 e. The SMILES string of the molecule is CCNc1nc(C)cc(N2CCN(c3ncncc3F)CC2)n1. The summed E-state index contributed by atoms with van der Waals surface area (Å²) >= 11 is 0. The number of hydrogen-bond acceptors (Lipinski definition) is 7. The third-order valence-electron chi connectivity index (χ3n) is 3.73. The van der Waals surface area contributed by atoms with Crippen molar-refractivity contribution in [1.29, 1.82) is 0 Å². The Morgan fingerprint density at radius 3 is 2.61 bits per heavy atom. The maximum atomic E-state index is 13.8. The Labute approximate surface area is 134 Å². The number of nitrogens with zero attached hydrogens (tertiary/aromatic N) is 6. The number of nitrogens with one attached hydrogen (secondary N) is 1. The minimum absolute atomic E-state index is 0.367. The minimum Gasteiger partial charge on any atom is -0.354 e. The molecule has 122 valence electrons. The molecule has 0 spiro atoms.